The molecule has 1 aliphatic rings. The third kappa shape index (κ3) is 5.40. The summed E-state index contributed by atoms with van der Waals surface area (Å²) in [5.41, 5.74) is 2.79. The van der Waals surface area contributed by atoms with Crippen molar-refractivity contribution in [1.82, 2.24) is 15.0 Å². The number of nitrogens with one attached hydrogen (secondary N) is 1. The maximum Gasteiger partial charge on any atom is 0.331 e. The summed E-state index contributed by atoms with van der Waals surface area (Å²) in [6.45, 7) is 7.36. The SMILES string of the molecule is Cc1cc(-n2c(C)cc(/C=C/C(=O)O[C@@H](C)C(=O)NC3CCCCCC3)c2C)no1. The third-order valence-electron chi connectivity index (χ3n) is 5.58. The molecule has 0 aliphatic heterocycles. The summed E-state index contributed by atoms with van der Waals surface area (Å²) >= 11 is 0. The monoisotopic (exact) mass is 413 g/mol. The number of nitrogens with zero attached hydrogens (tertiary/aromatic N) is 2. The van der Waals surface area contributed by atoms with Gasteiger partial charge in [-0.25, -0.2) is 4.79 Å². The Balaban J connectivity index is 1.58. The van der Waals surface area contributed by atoms with Gasteiger partial charge >= 0.3 is 5.97 Å². The van der Waals surface area contributed by atoms with E-state index < -0.39 is 12.1 Å². The lowest BCUT2D eigenvalue weighted by Crippen LogP contribution is -2.41. The van der Waals surface area contributed by atoms with Crippen LogP contribution in [0, 0.1) is 20.8 Å². The van der Waals surface area contributed by atoms with Gasteiger partial charge in [0.15, 0.2) is 11.9 Å². The van der Waals surface area contributed by atoms with Crippen molar-refractivity contribution in [1.29, 1.82) is 0 Å². The van der Waals surface area contributed by atoms with E-state index in [0.717, 1.165) is 48.4 Å². The van der Waals surface area contributed by atoms with E-state index in [-0.39, 0.29) is 11.9 Å². The average Bonchev–Trinajstić information content (AvgIpc) is 3.11. The molecule has 162 valence electrons. The van der Waals surface area contributed by atoms with E-state index in [9.17, 15) is 9.59 Å². The first-order valence-corrected chi connectivity index (χ1v) is 10.7. The molecule has 0 bridgehead atoms. The van der Waals surface area contributed by atoms with Crippen LogP contribution in [0.1, 0.15) is 68.2 Å². The summed E-state index contributed by atoms with van der Waals surface area (Å²) < 4.78 is 12.4. The van der Waals surface area contributed by atoms with Crippen LogP contribution in [0.4, 0.5) is 0 Å². The Morgan fingerprint density at radius 1 is 1.20 bits per heavy atom. The highest BCUT2D eigenvalue weighted by Gasteiger charge is 2.21. The predicted molar refractivity (Wildman–Crippen MR) is 114 cm³/mol. The Kier molecular flexibility index (Phi) is 7.13. The lowest BCUT2D eigenvalue weighted by Gasteiger charge is -2.19. The second-order valence-corrected chi connectivity index (χ2v) is 8.07. The molecule has 0 spiro atoms. The van der Waals surface area contributed by atoms with E-state index >= 15 is 0 Å². The number of hydrogen-bond acceptors (Lipinski definition) is 5. The van der Waals surface area contributed by atoms with Crippen molar-refractivity contribution in [3.63, 3.8) is 0 Å². The van der Waals surface area contributed by atoms with Gasteiger partial charge in [0.05, 0.1) is 0 Å². The fraction of sp³-hybridized carbons (Fsp3) is 0.522. The Morgan fingerprint density at radius 2 is 1.90 bits per heavy atom. The Labute approximate surface area is 177 Å². The predicted octanol–water partition coefficient (Wildman–Crippen LogP) is 4.17. The molecule has 1 fully saturated rings. The van der Waals surface area contributed by atoms with Crippen molar-refractivity contribution in [2.45, 2.75) is 78.4 Å². The standard InChI is InChI=1S/C23H31N3O4/c1-15-13-19(17(3)26(15)21-14-16(2)30-25-21)11-12-22(27)29-18(4)23(28)24-20-9-7-5-6-8-10-20/h11-14,18,20H,5-10H2,1-4H3,(H,24,28)/b12-11+/t18-/m0/s1. The highest BCUT2D eigenvalue weighted by molar-refractivity contribution is 5.90. The molecule has 30 heavy (non-hydrogen) atoms. The highest BCUT2D eigenvalue weighted by atomic mass is 16.5. The molecule has 1 N–H and O–H groups in total. The second kappa shape index (κ2) is 9.78. The van der Waals surface area contributed by atoms with Gasteiger partial charge in [-0.2, -0.15) is 0 Å². The van der Waals surface area contributed by atoms with Crippen LogP contribution >= 0.6 is 0 Å². The smallest absolute Gasteiger partial charge is 0.331 e. The summed E-state index contributed by atoms with van der Waals surface area (Å²) in [6, 6.07) is 4.00. The summed E-state index contributed by atoms with van der Waals surface area (Å²) in [5, 5.41) is 7.07. The van der Waals surface area contributed by atoms with Gasteiger partial charge in [-0.15, -0.1) is 0 Å². The molecule has 7 heteroatoms. The van der Waals surface area contributed by atoms with Crippen LogP contribution in [0.3, 0.4) is 0 Å². The average molecular weight is 414 g/mol. The van der Waals surface area contributed by atoms with Crippen LogP contribution in [0.25, 0.3) is 11.9 Å². The molecule has 2 aromatic heterocycles. The zero-order valence-corrected chi connectivity index (χ0v) is 18.2. The maximum atomic E-state index is 12.4. The van der Waals surface area contributed by atoms with E-state index in [1.165, 1.54) is 18.9 Å². The van der Waals surface area contributed by atoms with Gasteiger partial charge in [0, 0.05) is 29.6 Å². The zero-order chi connectivity index (χ0) is 21.7. The Morgan fingerprint density at radius 3 is 2.53 bits per heavy atom. The van der Waals surface area contributed by atoms with Crippen LogP contribution in [0.15, 0.2) is 22.7 Å². The van der Waals surface area contributed by atoms with E-state index in [1.807, 2.05) is 37.5 Å². The topological polar surface area (TPSA) is 86.4 Å². The van der Waals surface area contributed by atoms with Crippen LogP contribution in [0.5, 0.6) is 0 Å². The molecule has 2 aromatic rings. The molecule has 3 rings (SSSR count). The minimum Gasteiger partial charge on any atom is -0.449 e. The molecule has 1 atom stereocenters. The number of amides is 1. The van der Waals surface area contributed by atoms with E-state index in [4.69, 9.17) is 9.26 Å². The van der Waals surface area contributed by atoms with Crippen LogP contribution in [-0.4, -0.2) is 33.7 Å². The zero-order valence-electron chi connectivity index (χ0n) is 18.2. The molecular weight excluding hydrogens is 382 g/mol. The number of rotatable bonds is 6. The second-order valence-electron chi connectivity index (χ2n) is 8.07. The first kappa shape index (κ1) is 21.9. The number of carbonyl (C=O) groups excluding carboxylic acids is 2. The molecule has 0 aromatic carbocycles. The molecule has 1 amide bonds. The van der Waals surface area contributed by atoms with Gasteiger partial charge in [0.25, 0.3) is 5.91 Å². The number of ether oxygens (including phenoxy) is 1. The normalized spacial score (nSPS) is 16.4. The van der Waals surface area contributed by atoms with Crippen LogP contribution in [0.2, 0.25) is 0 Å². The van der Waals surface area contributed by atoms with E-state index in [0.29, 0.717) is 5.82 Å². The lowest BCUT2D eigenvalue weighted by atomic mass is 10.1. The maximum absolute atomic E-state index is 12.4. The van der Waals surface area contributed by atoms with E-state index in [1.54, 1.807) is 13.0 Å². The van der Waals surface area contributed by atoms with Gasteiger partial charge < -0.3 is 14.6 Å². The molecule has 0 saturated heterocycles. The largest absolute Gasteiger partial charge is 0.449 e. The fourth-order valence-electron chi connectivity index (χ4n) is 3.93. The number of aromatic nitrogens is 2. The van der Waals surface area contributed by atoms with Crippen molar-refractivity contribution in [3.8, 4) is 5.82 Å². The summed E-state index contributed by atoms with van der Waals surface area (Å²) in [5.74, 6) is 0.659. The van der Waals surface area contributed by atoms with Crippen molar-refractivity contribution in [2.24, 2.45) is 0 Å². The van der Waals surface area contributed by atoms with Crippen LogP contribution < -0.4 is 5.32 Å². The first-order valence-electron chi connectivity index (χ1n) is 10.7. The highest BCUT2D eigenvalue weighted by Crippen LogP contribution is 2.22. The van der Waals surface area contributed by atoms with E-state index in [2.05, 4.69) is 10.5 Å². The summed E-state index contributed by atoms with van der Waals surface area (Å²) in [4.78, 5) is 24.6. The van der Waals surface area contributed by atoms with Gasteiger partial charge in [0.1, 0.15) is 5.76 Å². The van der Waals surface area contributed by atoms with Gasteiger partial charge in [-0.1, -0.05) is 30.8 Å². The van der Waals surface area contributed by atoms with Gasteiger partial charge in [-0.05, 0) is 58.2 Å². The minimum atomic E-state index is -0.823. The van der Waals surface area contributed by atoms with Gasteiger partial charge in [-0.3, -0.25) is 9.36 Å². The summed E-state index contributed by atoms with van der Waals surface area (Å²) in [7, 11) is 0. The molecule has 7 nitrogen and oxygen atoms in total. The Hall–Kier alpha value is -2.83. The lowest BCUT2D eigenvalue weighted by molar-refractivity contribution is -0.150. The molecule has 1 aliphatic carbocycles. The number of hydrogen-bond donors (Lipinski definition) is 1. The molecular formula is C23H31N3O4. The van der Waals surface area contributed by atoms with Crippen molar-refractivity contribution >= 4 is 18.0 Å². The number of carbonyl (C=O) groups is 2. The molecule has 2 heterocycles. The minimum absolute atomic E-state index is 0.183. The fourth-order valence-corrected chi connectivity index (χ4v) is 3.93. The first-order chi connectivity index (χ1) is 14.3. The third-order valence-corrected chi connectivity index (χ3v) is 5.58. The quantitative estimate of drug-likeness (QED) is 0.436. The van der Waals surface area contributed by atoms with Crippen LogP contribution in [-0.2, 0) is 14.3 Å². The van der Waals surface area contributed by atoms with Crippen molar-refractivity contribution in [2.75, 3.05) is 0 Å². The van der Waals surface area contributed by atoms with Crippen molar-refractivity contribution in [3.05, 3.63) is 40.9 Å². The number of aryl methyl sites for hydroxylation is 2. The molecule has 0 unspecified atom stereocenters. The van der Waals surface area contributed by atoms with Gasteiger partial charge in [0.2, 0.25) is 0 Å². The number of esters is 1. The molecule has 1 saturated carbocycles. The Bertz CT molecular complexity index is 917. The summed E-state index contributed by atoms with van der Waals surface area (Å²) in [6.07, 6.45) is 8.93. The van der Waals surface area contributed by atoms with Crippen molar-refractivity contribution < 1.29 is 18.8 Å². The molecule has 0 radical (unpaired) electrons.